The molecule has 0 fully saturated rings. The van der Waals surface area contributed by atoms with Gasteiger partial charge in [-0.05, 0) is 48.7 Å². The zero-order chi connectivity index (χ0) is 15.4. The molecule has 1 atom stereocenters. The molecule has 1 aromatic carbocycles. The van der Waals surface area contributed by atoms with Gasteiger partial charge < -0.3 is 19.8 Å². The van der Waals surface area contributed by atoms with Crippen LogP contribution >= 0.6 is 0 Å². The maximum Gasteiger partial charge on any atom is 0.319 e. The molecular weight excluding hydrogens is 280 g/mol. The first kappa shape index (κ1) is 14.7. The van der Waals surface area contributed by atoms with Crippen LogP contribution in [0.25, 0.3) is 0 Å². The van der Waals surface area contributed by atoms with Crippen molar-refractivity contribution in [1.82, 2.24) is 5.32 Å². The topological polar surface area (TPSA) is 63.5 Å². The predicted molar refractivity (Wildman–Crippen MR) is 83.6 cm³/mol. The number of amides is 2. The number of rotatable bonds is 5. The first-order valence-corrected chi connectivity index (χ1v) is 7.50. The molecule has 2 N–H and O–H groups in total. The fourth-order valence-corrected chi connectivity index (χ4v) is 2.53. The molecule has 0 bridgehead atoms. The predicted octanol–water partition coefficient (Wildman–Crippen LogP) is 3.45. The van der Waals surface area contributed by atoms with Gasteiger partial charge in [-0.25, -0.2) is 4.79 Å². The second-order valence-corrected chi connectivity index (χ2v) is 5.59. The largest absolute Gasteiger partial charge is 0.469 e. The van der Waals surface area contributed by atoms with Gasteiger partial charge in [0.25, 0.3) is 0 Å². The van der Waals surface area contributed by atoms with Crippen LogP contribution < -0.4 is 10.6 Å². The van der Waals surface area contributed by atoms with Gasteiger partial charge in [-0.2, -0.15) is 0 Å². The van der Waals surface area contributed by atoms with Crippen LogP contribution in [0.5, 0.6) is 0 Å². The molecule has 0 saturated carbocycles. The summed E-state index contributed by atoms with van der Waals surface area (Å²) in [7, 11) is 0. The highest BCUT2D eigenvalue weighted by atomic mass is 16.5. The third kappa shape index (κ3) is 3.68. The van der Waals surface area contributed by atoms with Crippen LogP contribution in [0.15, 0.2) is 41.0 Å². The first-order chi connectivity index (χ1) is 10.7. The van der Waals surface area contributed by atoms with E-state index in [0.29, 0.717) is 13.2 Å². The number of carbonyl (C=O) groups excluding carboxylic acids is 1. The van der Waals surface area contributed by atoms with Crippen LogP contribution in [-0.2, 0) is 24.4 Å². The summed E-state index contributed by atoms with van der Waals surface area (Å²) in [5.41, 5.74) is 3.13. The van der Waals surface area contributed by atoms with Crippen LogP contribution in [0.1, 0.15) is 30.2 Å². The van der Waals surface area contributed by atoms with Gasteiger partial charge in [0.2, 0.25) is 0 Å². The van der Waals surface area contributed by atoms with Crippen LogP contribution in [0.4, 0.5) is 10.5 Å². The second kappa shape index (κ2) is 6.66. The first-order valence-electron chi connectivity index (χ1n) is 7.50. The summed E-state index contributed by atoms with van der Waals surface area (Å²) in [6, 6.07) is 9.57. The summed E-state index contributed by atoms with van der Waals surface area (Å²) in [6.07, 6.45) is 3.31. The van der Waals surface area contributed by atoms with E-state index in [1.54, 1.807) is 6.26 Å². The summed E-state index contributed by atoms with van der Waals surface area (Å²) >= 11 is 0. The molecule has 1 aliphatic rings. The Morgan fingerprint density at radius 3 is 2.95 bits per heavy atom. The Labute approximate surface area is 129 Å². The van der Waals surface area contributed by atoms with Gasteiger partial charge in [-0.3, -0.25) is 0 Å². The van der Waals surface area contributed by atoms with E-state index in [1.807, 2.05) is 37.3 Å². The minimum Gasteiger partial charge on any atom is -0.469 e. The molecule has 1 aromatic heterocycles. The Kier molecular flexibility index (Phi) is 4.44. The van der Waals surface area contributed by atoms with Crippen molar-refractivity contribution < 1.29 is 13.9 Å². The lowest BCUT2D eigenvalue weighted by atomic mass is 10.1. The standard InChI is InChI=1S/C17H20N2O3/c1-12(4-7-16-3-2-8-22-16)18-17(20)19-15-6-5-13-10-21-11-14(13)9-15/h2-3,5-6,8-9,12H,4,7,10-11H2,1H3,(H2,18,19,20)/t12-/m1/s1. The van der Waals surface area contributed by atoms with E-state index >= 15 is 0 Å². The normalized spacial score (nSPS) is 14.4. The number of hydrogen-bond acceptors (Lipinski definition) is 3. The van der Waals surface area contributed by atoms with E-state index in [0.717, 1.165) is 29.9 Å². The number of carbonyl (C=O) groups is 1. The SMILES string of the molecule is C[C@H](CCc1ccco1)NC(=O)Nc1ccc2c(c1)COC2. The molecular formula is C17H20N2O3. The molecule has 3 rings (SSSR count). The van der Waals surface area contributed by atoms with Gasteiger partial charge in [-0.1, -0.05) is 6.07 Å². The molecule has 0 aliphatic carbocycles. The molecule has 116 valence electrons. The number of aryl methyl sites for hydroxylation is 1. The number of benzene rings is 1. The van der Waals surface area contributed by atoms with Crippen molar-refractivity contribution in [1.29, 1.82) is 0 Å². The van der Waals surface area contributed by atoms with Crippen molar-refractivity contribution in [2.24, 2.45) is 0 Å². The second-order valence-electron chi connectivity index (χ2n) is 5.59. The maximum absolute atomic E-state index is 12.0. The van der Waals surface area contributed by atoms with Gasteiger partial charge in [0, 0.05) is 18.2 Å². The van der Waals surface area contributed by atoms with E-state index in [-0.39, 0.29) is 12.1 Å². The molecule has 0 saturated heterocycles. The van der Waals surface area contributed by atoms with Gasteiger partial charge in [0.15, 0.2) is 0 Å². The maximum atomic E-state index is 12.0. The average molecular weight is 300 g/mol. The summed E-state index contributed by atoms with van der Waals surface area (Å²) in [4.78, 5) is 12.0. The van der Waals surface area contributed by atoms with E-state index in [4.69, 9.17) is 9.15 Å². The number of furan rings is 1. The molecule has 2 amide bonds. The van der Waals surface area contributed by atoms with Crippen LogP contribution in [0.2, 0.25) is 0 Å². The monoisotopic (exact) mass is 300 g/mol. The van der Waals surface area contributed by atoms with Gasteiger partial charge in [0.05, 0.1) is 19.5 Å². The van der Waals surface area contributed by atoms with Crippen molar-refractivity contribution in [2.75, 3.05) is 5.32 Å². The highest BCUT2D eigenvalue weighted by molar-refractivity contribution is 5.89. The van der Waals surface area contributed by atoms with Crippen LogP contribution in [0.3, 0.4) is 0 Å². The number of ether oxygens (including phenoxy) is 1. The number of hydrogen-bond donors (Lipinski definition) is 2. The molecule has 0 unspecified atom stereocenters. The smallest absolute Gasteiger partial charge is 0.319 e. The minimum absolute atomic E-state index is 0.0721. The fraction of sp³-hybridized carbons (Fsp3) is 0.353. The molecule has 0 spiro atoms. The summed E-state index contributed by atoms with van der Waals surface area (Å²) < 4.78 is 10.7. The van der Waals surface area contributed by atoms with E-state index in [2.05, 4.69) is 10.6 Å². The number of nitrogens with one attached hydrogen (secondary N) is 2. The van der Waals surface area contributed by atoms with Crippen molar-refractivity contribution in [2.45, 2.75) is 39.0 Å². The lowest BCUT2D eigenvalue weighted by Gasteiger charge is -2.14. The lowest BCUT2D eigenvalue weighted by Crippen LogP contribution is -2.36. The van der Waals surface area contributed by atoms with E-state index < -0.39 is 0 Å². The quantitative estimate of drug-likeness (QED) is 0.889. The van der Waals surface area contributed by atoms with Crippen molar-refractivity contribution in [3.63, 3.8) is 0 Å². The summed E-state index contributed by atoms with van der Waals surface area (Å²) in [5, 5.41) is 5.80. The molecule has 0 radical (unpaired) electrons. The average Bonchev–Trinajstić information content (AvgIpc) is 3.15. The van der Waals surface area contributed by atoms with E-state index in [1.165, 1.54) is 5.56 Å². The fourth-order valence-electron chi connectivity index (χ4n) is 2.53. The van der Waals surface area contributed by atoms with Crippen LogP contribution in [0, 0.1) is 0 Å². The van der Waals surface area contributed by atoms with E-state index in [9.17, 15) is 4.79 Å². The molecule has 5 heteroatoms. The van der Waals surface area contributed by atoms with Gasteiger partial charge in [0.1, 0.15) is 5.76 Å². The Morgan fingerprint density at radius 2 is 2.14 bits per heavy atom. The van der Waals surface area contributed by atoms with Crippen molar-refractivity contribution in [3.8, 4) is 0 Å². The van der Waals surface area contributed by atoms with Gasteiger partial charge in [-0.15, -0.1) is 0 Å². The lowest BCUT2D eigenvalue weighted by molar-refractivity contribution is 0.134. The summed E-state index contributed by atoms with van der Waals surface area (Å²) in [6.45, 7) is 3.26. The number of anilines is 1. The Bertz CT molecular complexity index is 637. The number of urea groups is 1. The molecule has 5 nitrogen and oxygen atoms in total. The third-order valence-electron chi connectivity index (χ3n) is 3.76. The molecule has 2 heterocycles. The Hall–Kier alpha value is -2.27. The highest BCUT2D eigenvalue weighted by Crippen LogP contribution is 2.23. The molecule has 1 aliphatic heterocycles. The molecule has 22 heavy (non-hydrogen) atoms. The zero-order valence-corrected chi connectivity index (χ0v) is 12.6. The highest BCUT2D eigenvalue weighted by Gasteiger charge is 2.13. The Balaban J connectivity index is 1.47. The number of fused-ring (bicyclic) bond motifs is 1. The van der Waals surface area contributed by atoms with Crippen LogP contribution in [-0.4, -0.2) is 12.1 Å². The van der Waals surface area contributed by atoms with Gasteiger partial charge >= 0.3 is 6.03 Å². The third-order valence-corrected chi connectivity index (χ3v) is 3.76. The summed E-state index contributed by atoms with van der Waals surface area (Å²) in [5.74, 6) is 0.938. The molecule has 2 aromatic rings. The van der Waals surface area contributed by atoms with Crippen molar-refractivity contribution >= 4 is 11.7 Å². The Morgan fingerprint density at radius 1 is 1.27 bits per heavy atom. The van der Waals surface area contributed by atoms with Crippen molar-refractivity contribution in [3.05, 3.63) is 53.5 Å². The minimum atomic E-state index is -0.189. The zero-order valence-electron chi connectivity index (χ0n) is 12.6.